The fraction of sp³-hybridized carbons (Fsp3) is 0.192. The Morgan fingerprint density at radius 3 is 2.54 bits per heavy atom. The van der Waals surface area contributed by atoms with Crippen LogP contribution >= 0.6 is 0 Å². The second kappa shape index (κ2) is 10.2. The number of rotatable bonds is 8. The van der Waals surface area contributed by atoms with Crippen LogP contribution in [-0.2, 0) is 12.7 Å². The van der Waals surface area contributed by atoms with Crippen molar-refractivity contribution in [3.05, 3.63) is 94.3 Å². The van der Waals surface area contributed by atoms with Gasteiger partial charge in [0.1, 0.15) is 36.1 Å². The van der Waals surface area contributed by atoms with E-state index in [9.17, 15) is 28.2 Å². The number of phenols is 1. The number of benzene rings is 3. The van der Waals surface area contributed by atoms with Crippen LogP contribution in [0.25, 0.3) is 22.1 Å². The van der Waals surface area contributed by atoms with E-state index < -0.39 is 17.8 Å². The van der Waals surface area contributed by atoms with E-state index in [1.807, 2.05) is 0 Å². The van der Waals surface area contributed by atoms with Crippen LogP contribution in [0.4, 0.5) is 13.2 Å². The summed E-state index contributed by atoms with van der Waals surface area (Å²) < 4.78 is 49.6. The molecule has 182 valence electrons. The highest BCUT2D eigenvalue weighted by atomic mass is 19.4. The Hall–Kier alpha value is -3.82. The van der Waals surface area contributed by atoms with Crippen molar-refractivity contribution in [1.29, 1.82) is 0 Å². The molecule has 0 aliphatic heterocycles. The zero-order chi connectivity index (χ0) is 25.0. The molecule has 3 aromatic carbocycles. The van der Waals surface area contributed by atoms with Gasteiger partial charge in [-0.1, -0.05) is 30.3 Å². The Morgan fingerprint density at radius 2 is 1.80 bits per heavy atom. The molecule has 0 aliphatic carbocycles. The number of hydrogen-bond acceptors (Lipinski definition) is 6. The number of phenolic OH excluding ortho intramolecular Hbond substituents is 1. The number of nitrogens with one attached hydrogen (secondary N) is 1. The highest BCUT2D eigenvalue weighted by molar-refractivity contribution is 5.82. The number of fused-ring (bicyclic) bond motifs is 1. The average Bonchev–Trinajstić information content (AvgIpc) is 2.83. The van der Waals surface area contributed by atoms with E-state index in [0.29, 0.717) is 33.4 Å². The van der Waals surface area contributed by atoms with Crippen molar-refractivity contribution in [2.24, 2.45) is 0 Å². The molecule has 0 bridgehead atoms. The number of aliphatic hydroxyl groups excluding tert-OH is 1. The van der Waals surface area contributed by atoms with Crippen LogP contribution in [0, 0.1) is 0 Å². The molecule has 0 aliphatic rings. The van der Waals surface area contributed by atoms with Gasteiger partial charge in [0, 0.05) is 19.2 Å². The molecule has 0 unspecified atom stereocenters. The minimum absolute atomic E-state index is 0.0725. The summed E-state index contributed by atoms with van der Waals surface area (Å²) in [4.78, 5) is 12.8. The first kappa shape index (κ1) is 24.3. The fourth-order valence-electron chi connectivity index (χ4n) is 3.53. The molecule has 1 atom stereocenters. The quantitative estimate of drug-likeness (QED) is 0.335. The minimum atomic E-state index is -4.41. The number of aliphatic hydroxyl groups is 1. The molecular weight excluding hydrogens is 463 g/mol. The third kappa shape index (κ3) is 6.00. The highest BCUT2D eigenvalue weighted by Gasteiger charge is 2.30. The Bertz CT molecular complexity index is 1370. The lowest BCUT2D eigenvalue weighted by molar-refractivity contribution is -0.137. The summed E-state index contributed by atoms with van der Waals surface area (Å²) in [6.45, 7) is 0.192. The molecule has 0 spiro atoms. The maximum atomic E-state index is 12.8. The van der Waals surface area contributed by atoms with Crippen LogP contribution in [0.5, 0.6) is 11.5 Å². The van der Waals surface area contributed by atoms with Crippen molar-refractivity contribution >= 4 is 11.0 Å². The van der Waals surface area contributed by atoms with E-state index in [1.165, 1.54) is 24.5 Å². The van der Waals surface area contributed by atoms with Crippen molar-refractivity contribution in [3.8, 4) is 22.6 Å². The molecule has 4 rings (SSSR count). The number of alkyl halides is 3. The van der Waals surface area contributed by atoms with Crippen molar-refractivity contribution < 1.29 is 32.5 Å². The van der Waals surface area contributed by atoms with Crippen molar-refractivity contribution in [3.63, 3.8) is 0 Å². The van der Waals surface area contributed by atoms with Gasteiger partial charge in [0.15, 0.2) is 5.43 Å². The highest BCUT2D eigenvalue weighted by Crippen LogP contribution is 2.29. The van der Waals surface area contributed by atoms with Gasteiger partial charge in [-0.25, -0.2) is 0 Å². The molecule has 4 aromatic rings. The second-order valence-electron chi connectivity index (χ2n) is 7.98. The monoisotopic (exact) mass is 485 g/mol. The summed E-state index contributed by atoms with van der Waals surface area (Å²) >= 11 is 0. The summed E-state index contributed by atoms with van der Waals surface area (Å²) in [7, 11) is 0. The van der Waals surface area contributed by atoms with Crippen LogP contribution in [0.2, 0.25) is 0 Å². The maximum absolute atomic E-state index is 12.8. The van der Waals surface area contributed by atoms with Gasteiger partial charge < -0.3 is 24.7 Å². The van der Waals surface area contributed by atoms with Gasteiger partial charge in [-0.15, -0.1) is 0 Å². The lowest BCUT2D eigenvalue weighted by Gasteiger charge is -2.14. The molecule has 3 N–H and O–H groups in total. The SMILES string of the molecule is O=c1c(-c2ccc(O)cc2)coc2cc(OC[C@H](O)CNCc3cccc(C(F)(F)F)c3)ccc12. The van der Waals surface area contributed by atoms with Gasteiger partial charge in [-0.2, -0.15) is 13.2 Å². The van der Waals surface area contributed by atoms with E-state index >= 15 is 0 Å². The van der Waals surface area contributed by atoms with Gasteiger partial charge in [-0.3, -0.25) is 4.79 Å². The van der Waals surface area contributed by atoms with E-state index in [0.717, 1.165) is 12.1 Å². The molecule has 0 saturated heterocycles. The summed E-state index contributed by atoms with van der Waals surface area (Å²) in [6, 6.07) is 15.9. The predicted molar refractivity (Wildman–Crippen MR) is 124 cm³/mol. The van der Waals surface area contributed by atoms with E-state index in [4.69, 9.17) is 9.15 Å². The first-order chi connectivity index (χ1) is 16.7. The molecule has 0 radical (unpaired) electrons. The van der Waals surface area contributed by atoms with Gasteiger partial charge in [0.05, 0.1) is 16.5 Å². The number of aromatic hydroxyl groups is 1. The first-order valence-corrected chi connectivity index (χ1v) is 10.7. The smallest absolute Gasteiger partial charge is 0.416 e. The van der Waals surface area contributed by atoms with Gasteiger partial charge >= 0.3 is 6.18 Å². The summed E-state index contributed by atoms with van der Waals surface area (Å²) in [6.07, 6.45) is -3.98. The van der Waals surface area contributed by atoms with E-state index in [1.54, 1.807) is 36.4 Å². The fourth-order valence-corrected chi connectivity index (χ4v) is 3.53. The standard InChI is InChI=1S/C26H22F3NO5/c27-26(28,29)18-3-1-2-16(10-18)12-30-13-20(32)14-34-21-8-9-22-24(11-21)35-15-23(25(22)33)17-4-6-19(31)7-5-17/h1-11,15,20,30-32H,12-14H2/t20-/m1/s1. The van der Waals surface area contributed by atoms with Gasteiger partial charge in [0.25, 0.3) is 0 Å². The lowest BCUT2D eigenvalue weighted by atomic mass is 10.1. The molecule has 0 amide bonds. The molecule has 9 heteroatoms. The molecule has 0 fully saturated rings. The van der Waals surface area contributed by atoms with Crippen LogP contribution in [0.1, 0.15) is 11.1 Å². The molecule has 1 heterocycles. The van der Waals surface area contributed by atoms with E-state index in [2.05, 4.69) is 5.32 Å². The Balaban J connectivity index is 1.34. The molecule has 6 nitrogen and oxygen atoms in total. The average molecular weight is 485 g/mol. The molecule has 1 aromatic heterocycles. The summed E-state index contributed by atoms with van der Waals surface area (Å²) in [5.74, 6) is 0.476. The van der Waals surface area contributed by atoms with E-state index in [-0.39, 0.29) is 30.9 Å². The largest absolute Gasteiger partial charge is 0.508 e. The number of ether oxygens (including phenoxy) is 1. The van der Waals surface area contributed by atoms with Crippen LogP contribution in [0.15, 0.2) is 82.2 Å². The second-order valence-corrected chi connectivity index (χ2v) is 7.98. The Labute approximate surface area is 198 Å². The minimum Gasteiger partial charge on any atom is -0.508 e. The van der Waals surface area contributed by atoms with Gasteiger partial charge in [0.2, 0.25) is 0 Å². The maximum Gasteiger partial charge on any atom is 0.416 e. The van der Waals surface area contributed by atoms with Crippen molar-refractivity contribution in [2.45, 2.75) is 18.8 Å². The summed E-state index contributed by atoms with van der Waals surface area (Å²) in [5, 5.41) is 22.8. The zero-order valence-electron chi connectivity index (χ0n) is 18.4. The normalized spacial score (nSPS) is 12.6. The molecule has 0 saturated carbocycles. The van der Waals surface area contributed by atoms with Crippen LogP contribution in [0.3, 0.4) is 0 Å². The topological polar surface area (TPSA) is 91.9 Å². The predicted octanol–water partition coefficient (Wildman–Crippen LogP) is 4.71. The number of halogens is 3. The zero-order valence-corrected chi connectivity index (χ0v) is 18.4. The Morgan fingerprint density at radius 1 is 1.03 bits per heavy atom. The van der Waals surface area contributed by atoms with Crippen molar-refractivity contribution in [2.75, 3.05) is 13.2 Å². The molecule has 35 heavy (non-hydrogen) atoms. The third-order valence-corrected chi connectivity index (χ3v) is 5.33. The molecular formula is C26H22F3NO5. The first-order valence-electron chi connectivity index (χ1n) is 10.7. The lowest BCUT2D eigenvalue weighted by Crippen LogP contribution is -2.31. The van der Waals surface area contributed by atoms with Crippen molar-refractivity contribution in [1.82, 2.24) is 5.32 Å². The Kier molecular flexibility index (Phi) is 7.09. The van der Waals surface area contributed by atoms with Crippen LogP contribution < -0.4 is 15.5 Å². The third-order valence-electron chi connectivity index (χ3n) is 5.33. The van der Waals surface area contributed by atoms with Crippen LogP contribution in [-0.4, -0.2) is 29.5 Å². The number of hydrogen-bond donors (Lipinski definition) is 3. The van der Waals surface area contributed by atoms with Gasteiger partial charge in [-0.05, 0) is 41.5 Å². The summed E-state index contributed by atoms with van der Waals surface area (Å²) in [5.41, 5.74) is 0.769.